The van der Waals surface area contributed by atoms with E-state index in [-0.39, 0.29) is 12.0 Å². The topological polar surface area (TPSA) is 76.7 Å². The average Bonchev–Trinajstić information content (AvgIpc) is 2.16. The van der Waals surface area contributed by atoms with Crippen molar-refractivity contribution in [3.05, 3.63) is 0 Å². The van der Waals surface area contributed by atoms with Crippen molar-refractivity contribution in [2.24, 2.45) is 5.92 Å². The Hall–Kier alpha value is -1.30. The number of carbonyl (C=O) groups is 2. The fourth-order valence-corrected chi connectivity index (χ4v) is 1.52. The number of amides is 1. The second-order valence-corrected chi connectivity index (χ2v) is 6.09. The molecular formula is C13H24N2O4. The van der Waals surface area contributed by atoms with Crippen LogP contribution in [0.4, 0.5) is 4.79 Å². The molecule has 1 fully saturated rings. The summed E-state index contributed by atoms with van der Waals surface area (Å²) in [5.41, 5.74) is -0.590. The van der Waals surface area contributed by atoms with Crippen LogP contribution in [0.25, 0.3) is 0 Å². The van der Waals surface area contributed by atoms with Crippen LogP contribution in [0.5, 0.6) is 0 Å². The molecule has 1 aliphatic heterocycles. The van der Waals surface area contributed by atoms with Gasteiger partial charge in [0.05, 0.1) is 0 Å². The molecule has 1 atom stereocenters. The molecule has 0 unspecified atom stereocenters. The molecule has 6 nitrogen and oxygen atoms in total. The Morgan fingerprint density at radius 3 is 2.21 bits per heavy atom. The summed E-state index contributed by atoms with van der Waals surface area (Å²) in [6.07, 6.45) is -0.691. The van der Waals surface area contributed by atoms with E-state index in [9.17, 15) is 9.59 Å². The van der Waals surface area contributed by atoms with E-state index < -0.39 is 23.7 Å². The third-order valence-electron chi connectivity index (χ3n) is 2.62. The number of alkyl carbamates (subject to hydrolysis) is 1. The van der Waals surface area contributed by atoms with Gasteiger partial charge in [-0.1, -0.05) is 13.8 Å². The van der Waals surface area contributed by atoms with Crippen LogP contribution in [0.15, 0.2) is 0 Å². The second-order valence-electron chi connectivity index (χ2n) is 6.09. The number of carbonyl (C=O) groups excluding carboxylic acids is 2. The Morgan fingerprint density at radius 2 is 1.84 bits per heavy atom. The summed E-state index contributed by atoms with van der Waals surface area (Å²) in [5, 5.41) is 5.59. The van der Waals surface area contributed by atoms with Crippen molar-refractivity contribution in [1.82, 2.24) is 10.6 Å². The van der Waals surface area contributed by atoms with E-state index in [1.165, 1.54) is 0 Å². The van der Waals surface area contributed by atoms with Gasteiger partial charge in [-0.25, -0.2) is 9.59 Å². The van der Waals surface area contributed by atoms with Crippen LogP contribution in [-0.2, 0) is 14.3 Å². The Labute approximate surface area is 114 Å². The van der Waals surface area contributed by atoms with Crippen molar-refractivity contribution in [1.29, 1.82) is 0 Å². The first-order valence-electron chi connectivity index (χ1n) is 6.60. The van der Waals surface area contributed by atoms with E-state index in [4.69, 9.17) is 9.47 Å². The number of esters is 1. The van der Waals surface area contributed by atoms with Gasteiger partial charge >= 0.3 is 12.1 Å². The molecule has 110 valence electrons. The van der Waals surface area contributed by atoms with Crippen LogP contribution >= 0.6 is 0 Å². The molecule has 1 aliphatic rings. The zero-order valence-corrected chi connectivity index (χ0v) is 12.3. The van der Waals surface area contributed by atoms with Gasteiger partial charge in [-0.2, -0.15) is 0 Å². The summed E-state index contributed by atoms with van der Waals surface area (Å²) in [5.74, 6) is -0.472. The highest BCUT2D eigenvalue weighted by Gasteiger charge is 2.31. The Morgan fingerprint density at radius 1 is 1.26 bits per heavy atom. The number of ether oxygens (including phenoxy) is 2. The highest BCUT2D eigenvalue weighted by Crippen LogP contribution is 2.11. The van der Waals surface area contributed by atoms with Crippen molar-refractivity contribution in [2.45, 2.75) is 52.4 Å². The van der Waals surface area contributed by atoms with Gasteiger partial charge in [0.2, 0.25) is 0 Å². The number of hydrogen-bond donors (Lipinski definition) is 2. The molecule has 0 spiro atoms. The SMILES string of the molecule is CC(C)[C@H](NC(=O)OC(C)(C)C)C(=O)OC1CNC1. The normalized spacial score (nSPS) is 17.6. The number of rotatable bonds is 4. The van der Waals surface area contributed by atoms with E-state index in [2.05, 4.69) is 10.6 Å². The zero-order chi connectivity index (χ0) is 14.6. The van der Waals surface area contributed by atoms with E-state index in [0.717, 1.165) is 0 Å². The smallest absolute Gasteiger partial charge is 0.408 e. The van der Waals surface area contributed by atoms with Crippen LogP contribution in [-0.4, -0.2) is 42.9 Å². The van der Waals surface area contributed by atoms with Crippen LogP contribution in [0.2, 0.25) is 0 Å². The highest BCUT2D eigenvalue weighted by atomic mass is 16.6. The lowest BCUT2D eigenvalue weighted by atomic mass is 10.0. The van der Waals surface area contributed by atoms with Gasteiger partial charge in [0, 0.05) is 13.1 Å². The molecule has 0 saturated carbocycles. The Balaban J connectivity index is 2.51. The zero-order valence-electron chi connectivity index (χ0n) is 12.3. The van der Waals surface area contributed by atoms with Crippen molar-refractivity contribution in [2.75, 3.05) is 13.1 Å². The van der Waals surface area contributed by atoms with Crippen molar-refractivity contribution >= 4 is 12.1 Å². The standard InChI is InChI=1S/C13H24N2O4/c1-8(2)10(11(16)18-9-6-14-7-9)15-12(17)19-13(3,4)5/h8-10,14H,6-7H2,1-5H3,(H,15,17)/t10-/m0/s1. The molecule has 0 aromatic carbocycles. The van der Waals surface area contributed by atoms with Gasteiger partial charge in [0.1, 0.15) is 17.7 Å². The van der Waals surface area contributed by atoms with Gasteiger partial charge in [-0.15, -0.1) is 0 Å². The molecular weight excluding hydrogens is 248 g/mol. The molecule has 1 amide bonds. The summed E-state index contributed by atoms with van der Waals surface area (Å²) in [6, 6.07) is -0.685. The maximum atomic E-state index is 12.0. The van der Waals surface area contributed by atoms with Crippen LogP contribution in [0.1, 0.15) is 34.6 Å². The van der Waals surface area contributed by atoms with E-state index in [1.807, 2.05) is 13.8 Å². The molecule has 0 aliphatic carbocycles. The maximum absolute atomic E-state index is 12.0. The highest BCUT2D eigenvalue weighted by molar-refractivity contribution is 5.81. The minimum absolute atomic E-state index is 0.0620. The Bertz CT molecular complexity index is 332. The second kappa shape index (κ2) is 6.23. The first-order chi connectivity index (χ1) is 8.69. The van der Waals surface area contributed by atoms with Crippen molar-refractivity contribution in [3.8, 4) is 0 Å². The molecule has 2 N–H and O–H groups in total. The summed E-state index contributed by atoms with van der Waals surface area (Å²) in [6.45, 7) is 10.4. The van der Waals surface area contributed by atoms with Gasteiger partial charge in [-0.3, -0.25) is 0 Å². The van der Waals surface area contributed by atoms with Crippen molar-refractivity contribution < 1.29 is 19.1 Å². The van der Waals surface area contributed by atoms with Gasteiger partial charge in [0.25, 0.3) is 0 Å². The van der Waals surface area contributed by atoms with Gasteiger partial charge < -0.3 is 20.1 Å². The maximum Gasteiger partial charge on any atom is 0.408 e. The van der Waals surface area contributed by atoms with Gasteiger partial charge in [0.15, 0.2) is 0 Å². The fourth-order valence-electron chi connectivity index (χ4n) is 1.52. The molecule has 1 rings (SSSR count). The molecule has 0 aromatic heterocycles. The van der Waals surface area contributed by atoms with E-state index >= 15 is 0 Å². The fraction of sp³-hybridized carbons (Fsp3) is 0.846. The minimum Gasteiger partial charge on any atom is -0.458 e. The molecule has 0 aromatic rings. The Kier molecular flexibility index (Phi) is 5.17. The number of hydrogen-bond acceptors (Lipinski definition) is 5. The number of nitrogens with one attached hydrogen (secondary N) is 2. The van der Waals surface area contributed by atoms with E-state index in [1.54, 1.807) is 20.8 Å². The molecule has 19 heavy (non-hydrogen) atoms. The van der Waals surface area contributed by atoms with E-state index in [0.29, 0.717) is 13.1 Å². The first kappa shape index (κ1) is 15.8. The summed E-state index contributed by atoms with van der Waals surface area (Å²) in [4.78, 5) is 23.7. The minimum atomic E-state index is -0.685. The lowest BCUT2D eigenvalue weighted by molar-refractivity contribution is -0.155. The van der Waals surface area contributed by atoms with Crippen molar-refractivity contribution in [3.63, 3.8) is 0 Å². The van der Waals surface area contributed by atoms with Gasteiger partial charge in [-0.05, 0) is 26.7 Å². The molecule has 1 heterocycles. The predicted octanol–water partition coefficient (Wildman–Crippen LogP) is 1.05. The van der Waals surface area contributed by atoms with Crippen LogP contribution in [0, 0.1) is 5.92 Å². The summed E-state index contributed by atoms with van der Waals surface area (Å²) >= 11 is 0. The lowest BCUT2D eigenvalue weighted by Crippen LogP contribution is -2.53. The third-order valence-corrected chi connectivity index (χ3v) is 2.62. The quantitative estimate of drug-likeness (QED) is 0.748. The monoisotopic (exact) mass is 272 g/mol. The molecule has 1 saturated heterocycles. The third kappa shape index (κ3) is 5.46. The van der Waals surface area contributed by atoms with Crippen LogP contribution < -0.4 is 10.6 Å². The molecule has 0 bridgehead atoms. The largest absolute Gasteiger partial charge is 0.458 e. The molecule has 6 heteroatoms. The first-order valence-corrected chi connectivity index (χ1v) is 6.60. The average molecular weight is 272 g/mol. The molecule has 0 radical (unpaired) electrons. The van der Waals surface area contributed by atoms with Crippen LogP contribution in [0.3, 0.4) is 0 Å². The summed E-state index contributed by atoms with van der Waals surface area (Å²) in [7, 11) is 0. The summed E-state index contributed by atoms with van der Waals surface area (Å²) < 4.78 is 10.4. The lowest BCUT2D eigenvalue weighted by Gasteiger charge is -2.30. The predicted molar refractivity (Wildman–Crippen MR) is 70.7 cm³/mol.